The molecule has 1 aromatic rings. The summed E-state index contributed by atoms with van der Waals surface area (Å²) in [5, 5.41) is -0.195. The summed E-state index contributed by atoms with van der Waals surface area (Å²) in [5.41, 5.74) is 5.65. The van der Waals surface area contributed by atoms with E-state index >= 15 is 0 Å². The van der Waals surface area contributed by atoms with E-state index in [2.05, 4.69) is 0 Å². The van der Waals surface area contributed by atoms with Crippen molar-refractivity contribution in [1.29, 1.82) is 0 Å². The zero-order valence-electron chi connectivity index (χ0n) is 11.8. The van der Waals surface area contributed by atoms with Gasteiger partial charge in [0.15, 0.2) is 5.82 Å². The van der Waals surface area contributed by atoms with E-state index in [-0.39, 0.29) is 40.3 Å². The smallest absolute Gasteiger partial charge is 0.246 e. The Morgan fingerprint density at radius 1 is 1.43 bits per heavy atom. The van der Waals surface area contributed by atoms with Crippen LogP contribution in [-0.2, 0) is 10.0 Å². The quantitative estimate of drug-likeness (QED) is 0.885. The lowest BCUT2D eigenvalue weighted by Crippen LogP contribution is -2.53. The molecule has 120 valence electrons. The minimum atomic E-state index is -3.89. The normalized spacial score (nSPS) is 22.6. The van der Waals surface area contributed by atoms with Crippen LogP contribution in [0.25, 0.3) is 0 Å². The van der Waals surface area contributed by atoms with Crippen molar-refractivity contribution in [2.75, 3.05) is 13.1 Å². The molecule has 0 spiro atoms. The molecule has 1 aliphatic rings. The van der Waals surface area contributed by atoms with E-state index in [1.807, 2.05) is 13.8 Å². The highest BCUT2D eigenvalue weighted by molar-refractivity contribution is 7.89. The van der Waals surface area contributed by atoms with E-state index in [1.165, 1.54) is 22.5 Å². The molecule has 0 bridgehead atoms. The second-order valence-corrected chi connectivity index (χ2v) is 8.09. The Morgan fingerprint density at radius 3 is 2.62 bits per heavy atom. The summed E-state index contributed by atoms with van der Waals surface area (Å²) in [6.45, 7) is 4.38. The van der Waals surface area contributed by atoms with Crippen LogP contribution in [-0.4, -0.2) is 31.9 Å². The Hall–Kier alpha value is -0.400. The Balaban J connectivity index is 0.00000220. The van der Waals surface area contributed by atoms with Crippen LogP contribution >= 0.6 is 24.0 Å². The Labute approximate surface area is 135 Å². The van der Waals surface area contributed by atoms with Gasteiger partial charge in [-0.2, -0.15) is 4.31 Å². The molecule has 21 heavy (non-hydrogen) atoms. The zero-order valence-corrected chi connectivity index (χ0v) is 14.2. The molecule has 1 unspecified atom stereocenters. The van der Waals surface area contributed by atoms with Crippen molar-refractivity contribution < 1.29 is 12.8 Å². The van der Waals surface area contributed by atoms with Gasteiger partial charge in [-0.25, -0.2) is 12.8 Å². The van der Waals surface area contributed by atoms with Crippen molar-refractivity contribution in [3.8, 4) is 0 Å². The lowest BCUT2D eigenvalue weighted by Gasteiger charge is -2.41. The van der Waals surface area contributed by atoms with Crippen LogP contribution < -0.4 is 5.73 Å². The van der Waals surface area contributed by atoms with Gasteiger partial charge >= 0.3 is 0 Å². The van der Waals surface area contributed by atoms with E-state index < -0.39 is 15.8 Å². The number of halogens is 3. The molecular weight excluding hydrogens is 338 g/mol. The first-order valence-electron chi connectivity index (χ1n) is 6.36. The van der Waals surface area contributed by atoms with Crippen LogP contribution in [0.4, 0.5) is 4.39 Å². The molecule has 1 atom stereocenters. The first kappa shape index (κ1) is 18.6. The predicted octanol–water partition coefficient (Wildman–Crippen LogP) is 2.65. The maximum absolute atomic E-state index is 14.0. The molecule has 4 nitrogen and oxygen atoms in total. The molecule has 2 rings (SSSR count). The Morgan fingerprint density at radius 2 is 2.05 bits per heavy atom. The number of nitrogens with zero attached hydrogens (tertiary/aromatic N) is 1. The fourth-order valence-corrected chi connectivity index (χ4v) is 4.30. The number of piperidine rings is 1. The number of sulfonamides is 1. The number of nitrogens with two attached hydrogens (primary N) is 1. The number of hydrogen-bond donors (Lipinski definition) is 1. The topological polar surface area (TPSA) is 63.4 Å². The van der Waals surface area contributed by atoms with E-state index in [0.29, 0.717) is 13.0 Å². The molecule has 0 radical (unpaired) electrons. The molecule has 0 aromatic heterocycles. The monoisotopic (exact) mass is 356 g/mol. The van der Waals surface area contributed by atoms with Crippen molar-refractivity contribution in [3.05, 3.63) is 29.0 Å². The summed E-state index contributed by atoms with van der Waals surface area (Å²) in [4.78, 5) is -0.378. The average molecular weight is 357 g/mol. The molecule has 0 aliphatic carbocycles. The minimum absolute atomic E-state index is 0. The number of hydrogen-bond acceptors (Lipinski definition) is 3. The molecule has 2 N–H and O–H groups in total. The van der Waals surface area contributed by atoms with E-state index in [9.17, 15) is 12.8 Å². The molecule has 1 fully saturated rings. The molecule has 1 saturated heterocycles. The van der Waals surface area contributed by atoms with Gasteiger partial charge < -0.3 is 5.73 Å². The summed E-state index contributed by atoms with van der Waals surface area (Å²) >= 11 is 5.66. The number of rotatable bonds is 2. The predicted molar refractivity (Wildman–Crippen MR) is 83.8 cm³/mol. The molecule has 0 saturated carbocycles. The summed E-state index contributed by atoms with van der Waals surface area (Å²) in [6, 6.07) is 3.92. The van der Waals surface area contributed by atoms with Crippen molar-refractivity contribution in [2.45, 2.75) is 31.2 Å². The minimum Gasteiger partial charge on any atom is -0.327 e. The largest absolute Gasteiger partial charge is 0.327 e. The Kier molecular flexibility index (Phi) is 5.67. The van der Waals surface area contributed by atoms with Gasteiger partial charge in [0, 0.05) is 19.1 Å². The van der Waals surface area contributed by atoms with Gasteiger partial charge in [-0.15, -0.1) is 12.4 Å². The first-order valence-corrected chi connectivity index (χ1v) is 8.18. The fourth-order valence-electron chi connectivity index (χ4n) is 2.35. The third-order valence-corrected chi connectivity index (χ3v) is 5.97. The van der Waals surface area contributed by atoms with Crippen molar-refractivity contribution in [3.63, 3.8) is 0 Å². The maximum Gasteiger partial charge on any atom is 0.246 e. The molecule has 1 aromatic carbocycles. The van der Waals surface area contributed by atoms with Gasteiger partial charge in [0.2, 0.25) is 10.0 Å². The molecule has 0 amide bonds. The van der Waals surface area contributed by atoms with Gasteiger partial charge in [0.05, 0.1) is 5.02 Å². The van der Waals surface area contributed by atoms with E-state index in [0.717, 1.165) is 0 Å². The van der Waals surface area contributed by atoms with Gasteiger partial charge in [-0.1, -0.05) is 31.5 Å². The molecular formula is C13H19Cl2FN2O2S. The van der Waals surface area contributed by atoms with Crippen molar-refractivity contribution in [2.24, 2.45) is 11.1 Å². The van der Waals surface area contributed by atoms with Gasteiger partial charge in [0.1, 0.15) is 4.90 Å². The van der Waals surface area contributed by atoms with E-state index in [1.54, 1.807) is 0 Å². The Bertz CT molecular complexity index is 623. The summed E-state index contributed by atoms with van der Waals surface area (Å²) < 4.78 is 40.3. The SMILES string of the molecule is CC1(C)CN(S(=O)(=O)c2cccc(Cl)c2F)CCC1N.Cl. The summed E-state index contributed by atoms with van der Waals surface area (Å²) in [6.07, 6.45) is 0.550. The second kappa shape index (κ2) is 6.38. The number of benzene rings is 1. The van der Waals surface area contributed by atoms with Crippen LogP contribution in [0.15, 0.2) is 23.1 Å². The van der Waals surface area contributed by atoms with Crippen LogP contribution in [0.1, 0.15) is 20.3 Å². The van der Waals surface area contributed by atoms with Crippen LogP contribution in [0, 0.1) is 11.2 Å². The van der Waals surface area contributed by atoms with Gasteiger partial charge in [-0.05, 0) is 24.0 Å². The lowest BCUT2D eigenvalue weighted by atomic mass is 9.81. The average Bonchev–Trinajstić information content (AvgIpc) is 2.35. The van der Waals surface area contributed by atoms with Gasteiger partial charge in [0.25, 0.3) is 0 Å². The van der Waals surface area contributed by atoms with Gasteiger partial charge in [-0.3, -0.25) is 0 Å². The first-order chi connectivity index (χ1) is 9.16. The molecule has 1 aliphatic heterocycles. The highest BCUT2D eigenvalue weighted by Gasteiger charge is 2.39. The third-order valence-electron chi connectivity index (χ3n) is 3.81. The standard InChI is InChI=1S/C13H18ClFN2O2S.ClH/c1-13(2)8-17(7-6-11(13)16)20(18,19)10-5-3-4-9(14)12(10)15;/h3-5,11H,6-8,16H2,1-2H3;1H. The zero-order chi connectivity index (χ0) is 15.1. The molecule has 8 heteroatoms. The fraction of sp³-hybridized carbons (Fsp3) is 0.538. The van der Waals surface area contributed by atoms with Crippen LogP contribution in [0.2, 0.25) is 5.02 Å². The van der Waals surface area contributed by atoms with E-state index in [4.69, 9.17) is 17.3 Å². The van der Waals surface area contributed by atoms with Crippen LogP contribution in [0.5, 0.6) is 0 Å². The van der Waals surface area contributed by atoms with Crippen LogP contribution in [0.3, 0.4) is 0 Å². The molecule has 1 heterocycles. The highest BCUT2D eigenvalue weighted by Crippen LogP contribution is 2.32. The van der Waals surface area contributed by atoms with Crippen molar-refractivity contribution in [1.82, 2.24) is 4.31 Å². The third kappa shape index (κ3) is 3.51. The summed E-state index contributed by atoms with van der Waals surface area (Å²) in [7, 11) is -3.89. The summed E-state index contributed by atoms with van der Waals surface area (Å²) in [5.74, 6) is -0.901. The second-order valence-electron chi connectivity index (χ2n) is 5.77. The maximum atomic E-state index is 14.0. The highest BCUT2D eigenvalue weighted by atomic mass is 35.5. The lowest BCUT2D eigenvalue weighted by molar-refractivity contribution is 0.155. The van der Waals surface area contributed by atoms with Crippen molar-refractivity contribution >= 4 is 34.0 Å².